The van der Waals surface area contributed by atoms with Gasteiger partial charge in [0.05, 0.1) is 17.9 Å². The first-order valence-corrected chi connectivity index (χ1v) is 8.06. The molecule has 1 fully saturated rings. The highest BCUT2D eigenvalue weighted by Gasteiger charge is 2.22. The van der Waals surface area contributed by atoms with Gasteiger partial charge in [-0.25, -0.2) is 4.39 Å². The van der Waals surface area contributed by atoms with E-state index in [0.717, 1.165) is 19.4 Å². The van der Waals surface area contributed by atoms with Crippen LogP contribution in [0.3, 0.4) is 0 Å². The van der Waals surface area contributed by atoms with Crippen molar-refractivity contribution in [3.63, 3.8) is 0 Å². The number of rotatable bonds is 4. The van der Waals surface area contributed by atoms with Gasteiger partial charge in [-0.2, -0.15) is 0 Å². The van der Waals surface area contributed by atoms with E-state index in [2.05, 4.69) is 17.1 Å². The minimum absolute atomic E-state index is 0.125. The average molecular weight is 329 g/mol. The van der Waals surface area contributed by atoms with Crippen LogP contribution in [-0.4, -0.2) is 34.5 Å². The molecular weight excluding hydrogens is 309 g/mol. The SMILES string of the molecule is CC1CCCN1CC(=O)Nc1ccc(-n2ccccc2=O)cc1F. The predicted molar refractivity (Wildman–Crippen MR) is 90.9 cm³/mol. The Kier molecular flexibility index (Phi) is 4.76. The highest BCUT2D eigenvalue weighted by Crippen LogP contribution is 2.19. The van der Waals surface area contributed by atoms with Crippen molar-refractivity contribution >= 4 is 11.6 Å². The third-order valence-corrected chi connectivity index (χ3v) is 4.36. The summed E-state index contributed by atoms with van der Waals surface area (Å²) in [6.45, 7) is 3.25. The number of amides is 1. The van der Waals surface area contributed by atoms with Gasteiger partial charge >= 0.3 is 0 Å². The van der Waals surface area contributed by atoms with Crippen molar-refractivity contribution in [1.82, 2.24) is 9.47 Å². The fourth-order valence-corrected chi connectivity index (χ4v) is 3.00. The van der Waals surface area contributed by atoms with Crippen LogP contribution in [0.15, 0.2) is 47.4 Å². The molecule has 3 rings (SSSR count). The lowest BCUT2D eigenvalue weighted by atomic mass is 10.2. The number of nitrogens with one attached hydrogen (secondary N) is 1. The minimum atomic E-state index is -0.564. The molecule has 0 aliphatic carbocycles. The van der Waals surface area contributed by atoms with Crippen LogP contribution in [0.25, 0.3) is 5.69 Å². The van der Waals surface area contributed by atoms with Crippen LogP contribution in [0.5, 0.6) is 0 Å². The fraction of sp³-hybridized carbons (Fsp3) is 0.333. The molecule has 1 N–H and O–H groups in total. The van der Waals surface area contributed by atoms with E-state index in [4.69, 9.17) is 0 Å². The zero-order valence-corrected chi connectivity index (χ0v) is 13.5. The number of benzene rings is 1. The van der Waals surface area contributed by atoms with E-state index >= 15 is 0 Å². The van der Waals surface area contributed by atoms with Crippen molar-refractivity contribution in [3.8, 4) is 5.69 Å². The van der Waals surface area contributed by atoms with E-state index in [0.29, 0.717) is 11.7 Å². The topological polar surface area (TPSA) is 54.3 Å². The summed E-state index contributed by atoms with van der Waals surface area (Å²) in [5, 5.41) is 2.61. The normalized spacial score (nSPS) is 17.8. The molecule has 1 unspecified atom stereocenters. The van der Waals surface area contributed by atoms with Gasteiger partial charge in [0.15, 0.2) is 0 Å². The van der Waals surface area contributed by atoms with E-state index in [-0.39, 0.29) is 23.7 Å². The van der Waals surface area contributed by atoms with E-state index < -0.39 is 5.82 Å². The van der Waals surface area contributed by atoms with E-state index in [1.165, 1.54) is 22.8 Å². The van der Waals surface area contributed by atoms with Crippen molar-refractivity contribution in [2.75, 3.05) is 18.4 Å². The molecule has 0 spiro atoms. The Balaban J connectivity index is 1.72. The molecule has 0 bridgehead atoms. The lowest BCUT2D eigenvalue weighted by Crippen LogP contribution is -2.35. The molecular formula is C18H20FN3O2. The molecule has 1 aliphatic heterocycles. The molecule has 1 aromatic carbocycles. The summed E-state index contributed by atoms with van der Waals surface area (Å²) < 4.78 is 15.6. The molecule has 1 amide bonds. The Labute approximate surface area is 139 Å². The second kappa shape index (κ2) is 6.97. The van der Waals surface area contributed by atoms with Crippen molar-refractivity contribution in [3.05, 3.63) is 58.8 Å². The van der Waals surface area contributed by atoms with Crippen molar-refractivity contribution < 1.29 is 9.18 Å². The maximum Gasteiger partial charge on any atom is 0.255 e. The van der Waals surface area contributed by atoms with Crippen LogP contribution < -0.4 is 10.9 Å². The summed E-state index contributed by atoms with van der Waals surface area (Å²) in [6.07, 6.45) is 3.75. The molecule has 6 heteroatoms. The molecule has 2 aromatic rings. The van der Waals surface area contributed by atoms with Crippen LogP contribution in [0.1, 0.15) is 19.8 Å². The highest BCUT2D eigenvalue weighted by atomic mass is 19.1. The zero-order valence-electron chi connectivity index (χ0n) is 13.5. The summed E-state index contributed by atoms with van der Waals surface area (Å²) in [5.74, 6) is -0.793. The number of hydrogen-bond acceptors (Lipinski definition) is 3. The van der Waals surface area contributed by atoms with Gasteiger partial charge in [-0.3, -0.25) is 19.1 Å². The van der Waals surface area contributed by atoms with Gasteiger partial charge in [-0.05, 0) is 44.5 Å². The number of aromatic nitrogens is 1. The summed E-state index contributed by atoms with van der Waals surface area (Å²) in [4.78, 5) is 26.0. The number of nitrogens with zero attached hydrogens (tertiary/aromatic N) is 2. The van der Waals surface area contributed by atoms with Crippen LogP contribution in [0.4, 0.5) is 10.1 Å². The van der Waals surface area contributed by atoms with Crippen LogP contribution in [0.2, 0.25) is 0 Å². The second-order valence-corrected chi connectivity index (χ2v) is 6.08. The third-order valence-electron chi connectivity index (χ3n) is 4.36. The first-order valence-electron chi connectivity index (χ1n) is 8.06. The molecule has 1 saturated heterocycles. The Morgan fingerprint density at radius 1 is 1.33 bits per heavy atom. The molecule has 2 heterocycles. The number of carbonyl (C=O) groups is 1. The minimum Gasteiger partial charge on any atom is -0.322 e. The molecule has 0 saturated carbocycles. The Hall–Kier alpha value is -2.47. The van der Waals surface area contributed by atoms with Gasteiger partial charge in [0.1, 0.15) is 5.82 Å². The number of likely N-dealkylation sites (tertiary alicyclic amines) is 1. The second-order valence-electron chi connectivity index (χ2n) is 6.08. The summed E-state index contributed by atoms with van der Waals surface area (Å²) in [6, 6.07) is 9.46. The van der Waals surface area contributed by atoms with Gasteiger partial charge in [0, 0.05) is 24.4 Å². The van der Waals surface area contributed by atoms with Crippen molar-refractivity contribution in [2.24, 2.45) is 0 Å². The number of halogens is 1. The van der Waals surface area contributed by atoms with Crippen LogP contribution in [-0.2, 0) is 4.79 Å². The molecule has 1 aromatic heterocycles. The molecule has 0 radical (unpaired) electrons. The third kappa shape index (κ3) is 3.54. The summed E-state index contributed by atoms with van der Waals surface area (Å²) >= 11 is 0. The maximum absolute atomic E-state index is 14.3. The van der Waals surface area contributed by atoms with Crippen molar-refractivity contribution in [1.29, 1.82) is 0 Å². The molecule has 1 aliphatic rings. The maximum atomic E-state index is 14.3. The monoisotopic (exact) mass is 329 g/mol. The van der Waals surface area contributed by atoms with Crippen LogP contribution in [0, 0.1) is 5.82 Å². The average Bonchev–Trinajstić information content (AvgIpc) is 2.95. The van der Waals surface area contributed by atoms with Gasteiger partial charge in [0.2, 0.25) is 5.91 Å². The molecule has 126 valence electrons. The standard InChI is InChI=1S/C18H20FN3O2/c1-13-5-4-9-21(13)12-17(23)20-16-8-7-14(11-15(16)19)22-10-3-2-6-18(22)24/h2-3,6-8,10-11,13H,4-5,9,12H2,1H3,(H,20,23). The molecule has 24 heavy (non-hydrogen) atoms. The molecule has 1 atom stereocenters. The highest BCUT2D eigenvalue weighted by molar-refractivity contribution is 5.92. The predicted octanol–water partition coefficient (Wildman–Crippen LogP) is 2.40. The first kappa shape index (κ1) is 16.4. The zero-order chi connectivity index (χ0) is 17.1. The summed E-state index contributed by atoms with van der Waals surface area (Å²) in [5.41, 5.74) is 0.306. The van der Waals surface area contributed by atoms with E-state index in [1.54, 1.807) is 24.4 Å². The van der Waals surface area contributed by atoms with Gasteiger partial charge < -0.3 is 5.32 Å². The Morgan fingerprint density at radius 2 is 2.17 bits per heavy atom. The largest absolute Gasteiger partial charge is 0.322 e. The lowest BCUT2D eigenvalue weighted by molar-refractivity contribution is -0.117. The van der Waals surface area contributed by atoms with Gasteiger partial charge in [0.25, 0.3) is 5.56 Å². The fourth-order valence-electron chi connectivity index (χ4n) is 3.00. The lowest BCUT2D eigenvalue weighted by Gasteiger charge is -2.20. The molecule has 5 nitrogen and oxygen atoms in total. The number of pyridine rings is 1. The van der Waals surface area contributed by atoms with E-state index in [1.807, 2.05) is 0 Å². The number of carbonyl (C=O) groups excluding carboxylic acids is 1. The quantitative estimate of drug-likeness (QED) is 0.937. The van der Waals surface area contributed by atoms with Crippen LogP contribution >= 0.6 is 0 Å². The Morgan fingerprint density at radius 3 is 2.83 bits per heavy atom. The van der Waals surface area contributed by atoms with Gasteiger partial charge in [-0.1, -0.05) is 6.07 Å². The number of hydrogen-bond donors (Lipinski definition) is 1. The summed E-state index contributed by atoms with van der Waals surface area (Å²) in [7, 11) is 0. The van der Waals surface area contributed by atoms with E-state index in [9.17, 15) is 14.0 Å². The smallest absolute Gasteiger partial charge is 0.255 e. The van der Waals surface area contributed by atoms with Crippen molar-refractivity contribution in [2.45, 2.75) is 25.8 Å². The van der Waals surface area contributed by atoms with Gasteiger partial charge in [-0.15, -0.1) is 0 Å². The number of anilines is 1. The first-order chi connectivity index (χ1) is 11.5. The Bertz CT molecular complexity index is 803.